The predicted molar refractivity (Wildman–Crippen MR) is 74.8 cm³/mol. The van der Waals surface area contributed by atoms with E-state index in [1.807, 2.05) is 17.9 Å². The van der Waals surface area contributed by atoms with E-state index in [-0.39, 0.29) is 0 Å². The fourth-order valence-corrected chi connectivity index (χ4v) is 3.24. The Morgan fingerprint density at radius 3 is 3.10 bits per heavy atom. The van der Waals surface area contributed by atoms with Gasteiger partial charge in [0.2, 0.25) is 0 Å². The third-order valence-electron chi connectivity index (χ3n) is 4.11. The van der Waals surface area contributed by atoms with E-state index >= 15 is 0 Å². The first-order valence-electron chi connectivity index (χ1n) is 6.98. The zero-order valence-electron chi connectivity index (χ0n) is 11.5. The number of carbonyl (C=O) groups is 1. The van der Waals surface area contributed by atoms with Crippen LogP contribution in [0.25, 0.3) is 5.52 Å². The topological polar surface area (TPSA) is 70.7 Å². The van der Waals surface area contributed by atoms with Gasteiger partial charge in [0, 0.05) is 18.9 Å². The quantitative estimate of drug-likeness (QED) is 0.922. The number of carboxylic acids is 1. The zero-order chi connectivity index (χ0) is 14.2. The fraction of sp³-hybridized carbons (Fsp3) is 0.500. The van der Waals surface area contributed by atoms with Crippen LogP contribution >= 0.6 is 0 Å². The van der Waals surface area contributed by atoms with Gasteiger partial charge < -0.3 is 10.0 Å². The van der Waals surface area contributed by atoms with Crippen LogP contribution in [0.1, 0.15) is 32.6 Å². The first-order chi connectivity index (χ1) is 9.69. The van der Waals surface area contributed by atoms with Crippen molar-refractivity contribution in [3.05, 3.63) is 24.7 Å². The van der Waals surface area contributed by atoms with E-state index in [2.05, 4.69) is 10.1 Å². The number of anilines is 1. The Bertz CT molecular complexity index is 639. The Morgan fingerprint density at radius 2 is 2.35 bits per heavy atom. The summed E-state index contributed by atoms with van der Waals surface area (Å²) in [6.45, 7) is 2.75. The minimum absolute atomic E-state index is 0.638. The second kappa shape index (κ2) is 4.77. The maximum Gasteiger partial charge on any atom is 0.329 e. The SMILES string of the molecule is CCCC1(C(=O)O)CCCN1c1nccn2nccc12. The zero-order valence-corrected chi connectivity index (χ0v) is 11.5. The maximum absolute atomic E-state index is 11.9. The molecule has 3 rings (SSSR count). The van der Waals surface area contributed by atoms with Crippen molar-refractivity contribution in [2.24, 2.45) is 0 Å². The van der Waals surface area contributed by atoms with Crippen LogP contribution in [-0.2, 0) is 4.79 Å². The van der Waals surface area contributed by atoms with E-state index in [1.54, 1.807) is 23.1 Å². The lowest BCUT2D eigenvalue weighted by atomic mass is 9.90. The average molecular weight is 274 g/mol. The summed E-state index contributed by atoms with van der Waals surface area (Å²) in [6, 6.07) is 1.87. The molecule has 1 saturated heterocycles. The summed E-state index contributed by atoms with van der Waals surface area (Å²) in [6.07, 6.45) is 8.18. The van der Waals surface area contributed by atoms with Crippen LogP contribution in [-0.4, -0.2) is 37.8 Å². The van der Waals surface area contributed by atoms with Gasteiger partial charge in [0.1, 0.15) is 11.1 Å². The van der Waals surface area contributed by atoms with Crippen molar-refractivity contribution < 1.29 is 9.90 Å². The van der Waals surface area contributed by atoms with Gasteiger partial charge in [0.05, 0.1) is 6.20 Å². The highest BCUT2D eigenvalue weighted by Gasteiger charge is 2.48. The third kappa shape index (κ3) is 1.75. The van der Waals surface area contributed by atoms with Crippen LogP contribution in [0.3, 0.4) is 0 Å². The van der Waals surface area contributed by atoms with Crippen molar-refractivity contribution in [1.82, 2.24) is 14.6 Å². The molecule has 3 heterocycles. The predicted octanol–water partition coefficient (Wildman–Crippen LogP) is 1.95. The van der Waals surface area contributed by atoms with Crippen molar-refractivity contribution in [2.75, 3.05) is 11.4 Å². The van der Waals surface area contributed by atoms with Crippen LogP contribution in [0.4, 0.5) is 5.82 Å². The molecule has 106 valence electrons. The maximum atomic E-state index is 11.9. The largest absolute Gasteiger partial charge is 0.479 e. The standard InChI is InChI=1S/C14H18N4O2/c1-2-5-14(13(19)20)6-3-9-17(14)12-11-4-7-16-18(11)10-8-15-12/h4,7-8,10H,2-3,5-6,9H2,1H3,(H,19,20). The Balaban J connectivity index is 2.12. The van der Waals surface area contributed by atoms with Crippen molar-refractivity contribution in [2.45, 2.75) is 38.1 Å². The molecular weight excluding hydrogens is 256 g/mol. The Morgan fingerprint density at radius 1 is 1.50 bits per heavy atom. The molecule has 1 N–H and O–H groups in total. The number of hydrogen-bond acceptors (Lipinski definition) is 4. The highest BCUT2D eigenvalue weighted by Crippen LogP contribution is 2.38. The Labute approximate surface area is 117 Å². The first-order valence-corrected chi connectivity index (χ1v) is 6.98. The molecule has 6 heteroatoms. The second-order valence-electron chi connectivity index (χ2n) is 5.25. The average Bonchev–Trinajstić information content (AvgIpc) is 3.05. The smallest absolute Gasteiger partial charge is 0.329 e. The molecule has 2 aromatic heterocycles. The van der Waals surface area contributed by atoms with E-state index in [9.17, 15) is 9.90 Å². The number of aliphatic carboxylic acids is 1. The van der Waals surface area contributed by atoms with Gasteiger partial charge in [-0.05, 0) is 25.3 Å². The van der Waals surface area contributed by atoms with Crippen LogP contribution in [0.5, 0.6) is 0 Å². The van der Waals surface area contributed by atoms with E-state index in [0.29, 0.717) is 12.8 Å². The molecule has 1 aliphatic rings. The number of nitrogens with zero attached hydrogens (tertiary/aromatic N) is 4. The summed E-state index contributed by atoms with van der Waals surface area (Å²) in [5.74, 6) is -0.0291. The molecule has 0 spiro atoms. The molecule has 0 aliphatic carbocycles. The Kier molecular flexibility index (Phi) is 3.08. The minimum atomic E-state index is -0.826. The summed E-state index contributed by atoms with van der Waals surface area (Å²) in [5, 5.41) is 13.9. The van der Waals surface area contributed by atoms with E-state index in [1.165, 1.54) is 0 Å². The van der Waals surface area contributed by atoms with Gasteiger partial charge in [0.25, 0.3) is 0 Å². The molecule has 1 aliphatic heterocycles. The van der Waals surface area contributed by atoms with Gasteiger partial charge in [-0.2, -0.15) is 5.10 Å². The molecule has 2 aromatic rings. The minimum Gasteiger partial charge on any atom is -0.479 e. The molecule has 0 bridgehead atoms. The van der Waals surface area contributed by atoms with Crippen LogP contribution in [0.15, 0.2) is 24.7 Å². The number of rotatable bonds is 4. The summed E-state index contributed by atoms with van der Waals surface area (Å²) < 4.78 is 1.74. The van der Waals surface area contributed by atoms with Crippen molar-refractivity contribution in [3.63, 3.8) is 0 Å². The summed E-state index contributed by atoms with van der Waals surface area (Å²) in [5.41, 5.74) is 0.0320. The molecule has 1 unspecified atom stereocenters. The van der Waals surface area contributed by atoms with Gasteiger partial charge >= 0.3 is 5.97 Å². The van der Waals surface area contributed by atoms with Crippen molar-refractivity contribution in [3.8, 4) is 0 Å². The Hall–Kier alpha value is -2.11. The monoisotopic (exact) mass is 274 g/mol. The van der Waals surface area contributed by atoms with Gasteiger partial charge in [0.15, 0.2) is 5.82 Å². The highest BCUT2D eigenvalue weighted by atomic mass is 16.4. The first kappa shape index (κ1) is 12.9. The molecule has 6 nitrogen and oxygen atoms in total. The molecule has 1 atom stereocenters. The number of hydrogen-bond donors (Lipinski definition) is 1. The van der Waals surface area contributed by atoms with Gasteiger partial charge in [-0.3, -0.25) is 0 Å². The molecule has 20 heavy (non-hydrogen) atoms. The number of carboxylic acid groups (broad SMARTS) is 1. The molecule has 0 radical (unpaired) electrons. The molecular formula is C14H18N4O2. The normalized spacial score (nSPS) is 22.6. The summed E-state index contributed by atoms with van der Waals surface area (Å²) in [4.78, 5) is 18.3. The lowest BCUT2D eigenvalue weighted by molar-refractivity contribution is -0.143. The fourth-order valence-electron chi connectivity index (χ4n) is 3.24. The summed E-state index contributed by atoms with van der Waals surface area (Å²) >= 11 is 0. The van der Waals surface area contributed by atoms with E-state index < -0.39 is 11.5 Å². The van der Waals surface area contributed by atoms with Gasteiger partial charge in [-0.1, -0.05) is 13.3 Å². The second-order valence-corrected chi connectivity index (χ2v) is 5.25. The van der Waals surface area contributed by atoms with Crippen molar-refractivity contribution in [1.29, 1.82) is 0 Å². The molecule has 1 fully saturated rings. The molecule has 0 aromatic carbocycles. The number of aromatic nitrogens is 3. The van der Waals surface area contributed by atoms with Crippen molar-refractivity contribution >= 4 is 17.3 Å². The van der Waals surface area contributed by atoms with Crippen LogP contribution < -0.4 is 4.90 Å². The van der Waals surface area contributed by atoms with E-state index in [0.717, 1.165) is 30.7 Å². The summed E-state index contributed by atoms with van der Waals surface area (Å²) in [7, 11) is 0. The third-order valence-corrected chi connectivity index (χ3v) is 4.11. The van der Waals surface area contributed by atoms with E-state index in [4.69, 9.17) is 0 Å². The van der Waals surface area contributed by atoms with Crippen LogP contribution in [0.2, 0.25) is 0 Å². The lowest BCUT2D eigenvalue weighted by Gasteiger charge is -2.35. The van der Waals surface area contributed by atoms with Gasteiger partial charge in [-0.15, -0.1) is 0 Å². The lowest BCUT2D eigenvalue weighted by Crippen LogP contribution is -2.51. The molecule has 0 saturated carbocycles. The number of fused-ring (bicyclic) bond motifs is 1. The van der Waals surface area contributed by atoms with Gasteiger partial charge in [-0.25, -0.2) is 14.3 Å². The highest BCUT2D eigenvalue weighted by molar-refractivity contribution is 5.86. The van der Waals surface area contributed by atoms with Crippen LogP contribution in [0, 0.1) is 0 Å². The molecule has 0 amide bonds.